The van der Waals surface area contributed by atoms with E-state index in [1.54, 1.807) is 0 Å². The molecule has 17 heavy (non-hydrogen) atoms. The van der Waals surface area contributed by atoms with Crippen molar-refractivity contribution in [3.8, 4) is 0 Å². The molecule has 0 bridgehead atoms. The molecule has 0 amide bonds. The Morgan fingerprint density at radius 1 is 1.12 bits per heavy atom. The molecular weight excluding hydrogens is 218 g/mol. The Labute approximate surface area is 103 Å². The fourth-order valence-corrected chi connectivity index (χ4v) is 2.96. The zero-order valence-electron chi connectivity index (χ0n) is 10.5. The van der Waals surface area contributed by atoms with Crippen molar-refractivity contribution in [1.82, 2.24) is 5.32 Å². The largest absolute Gasteiger partial charge is 0.381 e. The maximum absolute atomic E-state index is 6.09. The lowest BCUT2D eigenvalue weighted by atomic mass is 9.86. The lowest BCUT2D eigenvalue weighted by Crippen LogP contribution is -2.64. The minimum Gasteiger partial charge on any atom is -0.381 e. The molecule has 4 nitrogen and oxygen atoms in total. The predicted octanol–water partition coefficient (Wildman–Crippen LogP) is 0.951. The van der Waals surface area contributed by atoms with Crippen LogP contribution in [-0.4, -0.2) is 51.2 Å². The molecule has 0 aromatic heterocycles. The standard InChI is InChI=1S/C13H23NO3/c1-4-15-5-2-11(1)8-16-12-3-6-17-13(7-12)9-14-10-13/h11-12,14H,1-10H2/t12-/m0/s1. The summed E-state index contributed by atoms with van der Waals surface area (Å²) < 4.78 is 17.3. The topological polar surface area (TPSA) is 39.7 Å². The molecule has 3 saturated heterocycles. The van der Waals surface area contributed by atoms with E-state index in [0.717, 1.165) is 65.2 Å². The van der Waals surface area contributed by atoms with Crippen molar-refractivity contribution in [3.05, 3.63) is 0 Å². The van der Waals surface area contributed by atoms with Gasteiger partial charge >= 0.3 is 0 Å². The van der Waals surface area contributed by atoms with Gasteiger partial charge in [0.15, 0.2) is 0 Å². The third-order valence-electron chi connectivity index (χ3n) is 4.25. The number of rotatable bonds is 3. The van der Waals surface area contributed by atoms with Gasteiger partial charge in [-0.05, 0) is 25.2 Å². The second kappa shape index (κ2) is 5.22. The summed E-state index contributed by atoms with van der Waals surface area (Å²) in [4.78, 5) is 0. The van der Waals surface area contributed by atoms with Gasteiger partial charge in [0.25, 0.3) is 0 Å². The molecule has 1 N–H and O–H groups in total. The smallest absolute Gasteiger partial charge is 0.0954 e. The molecule has 0 saturated carbocycles. The van der Waals surface area contributed by atoms with E-state index in [-0.39, 0.29) is 5.60 Å². The maximum Gasteiger partial charge on any atom is 0.0954 e. The molecule has 1 spiro atoms. The molecule has 98 valence electrons. The monoisotopic (exact) mass is 241 g/mol. The highest BCUT2D eigenvalue weighted by Crippen LogP contribution is 2.30. The minimum atomic E-state index is 0.110. The lowest BCUT2D eigenvalue weighted by Gasteiger charge is -2.47. The third-order valence-corrected chi connectivity index (χ3v) is 4.25. The molecule has 3 fully saturated rings. The molecule has 0 aromatic carbocycles. The molecule has 0 radical (unpaired) electrons. The van der Waals surface area contributed by atoms with Crippen LogP contribution in [0.1, 0.15) is 25.7 Å². The van der Waals surface area contributed by atoms with Crippen LogP contribution in [0.25, 0.3) is 0 Å². The van der Waals surface area contributed by atoms with E-state index < -0.39 is 0 Å². The first kappa shape index (κ1) is 11.9. The normalized spacial score (nSPS) is 33.5. The quantitative estimate of drug-likeness (QED) is 0.798. The summed E-state index contributed by atoms with van der Waals surface area (Å²) in [5.41, 5.74) is 0.110. The van der Waals surface area contributed by atoms with Crippen LogP contribution in [0.3, 0.4) is 0 Å². The third kappa shape index (κ3) is 2.81. The van der Waals surface area contributed by atoms with Crippen LogP contribution in [0.15, 0.2) is 0 Å². The van der Waals surface area contributed by atoms with Crippen LogP contribution < -0.4 is 5.32 Å². The Kier molecular flexibility index (Phi) is 3.66. The first-order chi connectivity index (χ1) is 8.36. The number of ether oxygens (including phenoxy) is 3. The fraction of sp³-hybridized carbons (Fsp3) is 1.00. The van der Waals surface area contributed by atoms with Gasteiger partial charge in [-0.3, -0.25) is 0 Å². The Balaban J connectivity index is 1.41. The van der Waals surface area contributed by atoms with Gasteiger partial charge in [0.2, 0.25) is 0 Å². The van der Waals surface area contributed by atoms with Gasteiger partial charge in [-0.25, -0.2) is 0 Å². The summed E-state index contributed by atoms with van der Waals surface area (Å²) in [7, 11) is 0. The molecule has 3 aliphatic heterocycles. The zero-order valence-corrected chi connectivity index (χ0v) is 10.5. The van der Waals surface area contributed by atoms with Crippen molar-refractivity contribution in [3.63, 3.8) is 0 Å². The van der Waals surface area contributed by atoms with Gasteiger partial charge in [-0.1, -0.05) is 0 Å². The van der Waals surface area contributed by atoms with E-state index in [4.69, 9.17) is 14.2 Å². The summed E-state index contributed by atoms with van der Waals surface area (Å²) in [6.45, 7) is 5.61. The van der Waals surface area contributed by atoms with E-state index in [1.165, 1.54) is 0 Å². The van der Waals surface area contributed by atoms with E-state index in [0.29, 0.717) is 12.0 Å². The molecule has 0 aliphatic carbocycles. The van der Waals surface area contributed by atoms with E-state index in [9.17, 15) is 0 Å². The van der Waals surface area contributed by atoms with Crippen molar-refractivity contribution in [2.45, 2.75) is 37.4 Å². The summed E-state index contributed by atoms with van der Waals surface area (Å²) >= 11 is 0. The molecule has 0 unspecified atom stereocenters. The maximum atomic E-state index is 6.09. The van der Waals surface area contributed by atoms with Gasteiger partial charge in [0, 0.05) is 45.9 Å². The fourth-order valence-electron chi connectivity index (χ4n) is 2.96. The first-order valence-electron chi connectivity index (χ1n) is 6.90. The van der Waals surface area contributed by atoms with Crippen LogP contribution in [0.2, 0.25) is 0 Å². The van der Waals surface area contributed by atoms with Crippen LogP contribution >= 0.6 is 0 Å². The average Bonchev–Trinajstić information content (AvgIpc) is 2.36. The molecule has 3 heterocycles. The molecule has 1 atom stereocenters. The average molecular weight is 241 g/mol. The van der Waals surface area contributed by atoms with Crippen molar-refractivity contribution >= 4 is 0 Å². The lowest BCUT2D eigenvalue weighted by molar-refractivity contribution is -0.159. The van der Waals surface area contributed by atoms with Gasteiger partial charge in [-0.2, -0.15) is 0 Å². The van der Waals surface area contributed by atoms with Crippen LogP contribution in [-0.2, 0) is 14.2 Å². The van der Waals surface area contributed by atoms with Crippen LogP contribution in [0.4, 0.5) is 0 Å². The molecule has 3 aliphatic rings. The second-order valence-corrected chi connectivity index (χ2v) is 5.64. The highest BCUT2D eigenvalue weighted by Gasteiger charge is 2.43. The number of nitrogens with one attached hydrogen (secondary N) is 1. The molecule has 0 aromatic rings. The van der Waals surface area contributed by atoms with Crippen LogP contribution in [0, 0.1) is 5.92 Å². The van der Waals surface area contributed by atoms with Gasteiger partial charge in [0.1, 0.15) is 0 Å². The van der Waals surface area contributed by atoms with E-state index in [2.05, 4.69) is 5.32 Å². The minimum absolute atomic E-state index is 0.110. The Morgan fingerprint density at radius 2 is 1.94 bits per heavy atom. The molecule has 3 rings (SSSR count). The second-order valence-electron chi connectivity index (χ2n) is 5.64. The van der Waals surface area contributed by atoms with Gasteiger partial charge in [-0.15, -0.1) is 0 Å². The summed E-state index contributed by atoms with van der Waals surface area (Å²) in [6, 6.07) is 0. The van der Waals surface area contributed by atoms with E-state index >= 15 is 0 Å². The molecule has 4 heteroatoms. The number of hydrogen-bond acceptors (Lipinski definition) is 4. The summed E-state index contributed by atoms with van der Waals surface area (Å²) in [5.74, 6) is 0.710. The van der Waals surface area contributed by atoms with Gasteiger partial charge < -0.3 is 19.5 Å². The van der Waals surface area contributed by atoms with Crippen molar-refractivity contribution in [2.24, 2.45) is 5.92 Å². The van der Waals surface area contributed by atoms with Crippen molar-refractivity contribution in [2.75, 3.05) is 39.5 Å². The first-order valence-corrected chi connectivity index (χ1v) is 6.90. The van der Waals surface area contributed by atoms with Gasteiger partial charge in [0.05, 0.1) is 11.7 Å². The molecular formula is C13H23NO3. The summed E-state index contributed by atoms with van der Waals surface area (Å²) in [5, 5.41) is 3.30. The van der Waals surface area contributed by atoms with Crippen LogP contribution in [0.5, 0.6) is 0 Å². The zero-order chi connectivity index (χ0) is 11.6. The van der Waals surface area contributed by atoms with E-state index in [1.807, 2.05) is 0 Å². The predicted molar refractivity (Wildman–Crippen MR) is 64.1 cm³/mol. The highest BCUT2D eigenvalue weighted by atomic mass is 16.5. The Morgan fingerprint density at radius 3 is 2.65 bits per heavy atom. The number of hydrogen-bond donors (Lipinski definition) is 1. The Hall–Kier alpha value is -0.160. The van der Waals surface area contributed by atoms with Crippen molar-refractivity contribution < 1.29 is 14.2 Å². The SMILES string of the molecule is C1CC(CO[C@H]2CCOC3(CNC3)C2)CCO1. The Bertz CT molecular complexity index is 249. The van der Waals surface area contributed by atoms with Crippen molar-refractivity contribution in [1.29, 1.82) is 0 Å². The summed E-state index contributed by atoms with van der Waals surface area (Å²) in [6.07, 6.45) is 4.87. The highest BCUT2D eigenvalue weighted by molar-refractivity contribution is 4.98.